The van der Waals surface area contributed by atoms with E-state index < -0.39 is 5.97 Å². The molecule has 0 spiro atoms. The number of aldehydes is 1. The summed E-state index contributed by atoms with van der Waals surface area (Å²) in [6, 6.07) is 0. The maximum absolute atomic E-state index is 11.2. The number of ether oxygens (including phenoxy) is 1. The average Bonchev–Trinajstić information content (AvgIpc) is 2.47. The van der Waals surface area contributed by atoms with Crippen LogP contribution in [-0.2, 0) is 11.2 Å². The van der Waals surface area contributed by atoms with E-state index in [4.69, 9.17) is 9.84 Å². The molecule has 0 aliphatic carbocycles. The predicted octanol–water partition coefficient (Wildman–Crippen LogP) is 3.18. The van der Waals surface area contributed by atoms with Gasteiger partial charge in [-0.25, -0.2) is 0 Å². The Kier molecular flexibility index (Phi) is 6.16. The van der Waals surface area contributed by atoms with Crippen molar-refractivity contribution in [1.29, 1.82) is 0 Å². The molecule has 0 radical (unpaired) electrons. The molecule has 5 nitrogen and oxygen atoms in total. The lowest BCUT2D eigenvalue weighted by Crippen LogP contribution is -2.02. The van der Waals surface area contributed by atoms with Crippen molar-refractivity contribution in [3.63, 3.8) is 0 Å². The quantitative estimate of drug-likeness (QED) is 0.597. The molecule has 0 unspecified atom stereocenters. The molecule has 0 fully saturated rings. The van der Waals surface area contributed by atoms with Crippen LogP contribution in [0.4, 0.5) is 0 Å². The van der Waals surface area contributed by atoms with Crippen molar-refractivity contribution in [2.24, 2.45) is 0 Å². The van der Waals surface area contributed by atoms with Crippen LogP contribution in [0.3, 0.4) is 0 Å². The number of rotatable bonds is 7. The maximum Gasteiger partial charge on any atom is 0.303 e. The molecule has 0 aromatic heterocycles. The number of carbonyl (C=O) groups is 2. The van der Waals surface area contributed by atoms with E-state index >= 15 is 0 Å². The molecule has 0 saturated carbocycles. The number of allylic oxidation sites excluding steroid dienone is 2. The molecule has 0 atom stereocenters. The topological polar surface area (TPSA) is 83.8 Å². The second kappa shape index (κ2) is 7.64. The Bertz CT molecular complexity index is 614. The number of aliphatic carboxylic acids is 1. The normalized spacial score (nSPS) is 11.4. The molecule has 0 bridgehead atoms. The minimum absolute atomic E-state index is 0.0674. The highest BCUT2D eigenvalue weighted by atomic mass is 16.5. The van der Waals surface area contributed by atoms with Gasteiger partial charge in [0.15, 0.2) is 6.29 Å². The molecule has 0 aliphatic heterocycles. The van der Waals surface area contributed by atoms with Crippen molar-refractivity contribution >= 4 is 12.3 Å². The summed E-state index contributed by atoms with van der Waals surface area (Å²) in [5, 5.41) is 19.0. The molecule has 120 valence electrons. The van der Waals surface area contributed by atoms with Gasteiger partial charge in [0.2, 0.25) is 0 Å². The van der Waals surface area contributed by atoms with Crippen LogP contribution in [0, 0.1) is 13.8 Å². The Balaban J connectivity index is 3.18. The van der Waals surface area contributed by atoms with Gasteiger partial charge < -0.3 is 14.9 Å². The molecule has 0 heterocycles. The number of methoxy groups -OCH3 is 1. The van der Waals surface area contributed by atoms with Crippen LogP contribution in [0.2, 0.25) is 0 Å². The summed E-state index contributed by atoms with van der Waals surface area (Å²) < 4.78 is 5.37. The average molecular weight is 306 g/mol. The van der Waals surface area contributed by atoms with Gasteiger partial charge >= 0.3 is 5.97 Å². The summed E-state index contributed by atoms with van der Waals surface area (Å²) in [5.74, 6) is -0.359. The summed E-state index contributed by atoms with van der Waals surface area (Å²) in [6.07, 6.45) is 3.38. The largest absolute Gasteiger partial charge is 0.507 e. The number of hydrogen-bond acceptors (Lipinski definition) is 4. The first-order valence-corrected chi connectivity index (χ1v) is 7.05. The number of hydrogen-bond donors (Lipinski definition) is 2. The smallest absolute Gasteiger partial charge is 0.303 e. The van der Waals surface area contributed by atoms with Gasteiger partial charge in [-0.2, -0.15) is 0 Å². The van der Waals surface area contributed by atoms with E-state index in [2.05, 4.69) is 0 Å². The maximum atomic E-state index is 11.2. The standard InChI is InChI=1S/C17H22O5/c1-10(6-8-15(19)20)5-7-13-16(21)14(9-18)11(2)12(3)17(13)22-4/h5,9,21H,6-8H2,1-4H3,(H,19,20)/b10-5+. The Morgan fingerprint density at radius 1 is 1.23 bits per heavy atom. The van der Waals surface area contributed by atoms with Gasteiger partial charge in [-0.1, -0.05) is 11.6 Å². The van der Waals surface area contributed by atoms with E-state index in [1.807, 2.05) is 19.9 Å². The number of carbonyl (C=O) groups excluding carboxylic acids is 1. The van der Waals surface area contributed by atoms with E-state index in [0.717, 1.165) is 11.1 Å². The fourth-order valence-corrected chi connectivity index (χ4v) is 2.34. The van der Waals surface area contributed by atoms with E-state index in [9.17, 15) is 14.7 Å². The lowest BCUT2D eigenvalue weighted by molar-refractivity contribution is -0.136. The molecule has 1 rings (SSSR count). The van der Waals surface area contributed by atoms with Gasteiger partial charge in [0.05, 0.1) is 12.7 Å². The fourth-order valence-electron chi connectivity index (χ4n) is 2.34. The highest BCUT2D eigenvalue weighted by molar-refractivity contribution is 5.84. The van der Waals surface area contributed by atoms with Crippen molar-refractivity contribution in [3.8, 4) is 11.5 Å². The first kappa shape index (κ1) is 17.8. The third-order valence-electron chi connectivity index (χ3n) is 3.83. The minimum atomic E-state index is -0.845. The second-order valence-corrected chi connectivity index (χ2v) is 5.29. The second-order valence-electron chi connectivity index (χ2n) is 5.29. The van der Waals surface area contributed by atoms with Crippen LogP contribution in [0.5, 0.6) is 11.5 Å². The van der Waals surface area contributed by atoms with Crippen LogP contribution in [0.1, 0.15) is 46.8 Å². The Hall–Kier alpha value is -2.30. The molecule has 1 aromatic rings. The van der Waals surface area contributed by atoms with Crippen LogP contribution in [0.15, 0.2) is 11.6 Å². The highest BCUT2D eigenvalue weighted by Crippen LogP contribution is 2.37. The van der Waals surface area contributed by atoms with Crippen LogP contribution in [0.25, 0.3) is 0 Å². The van der Waals surface area contributed by atoms with Gasteiger partial charge in [0, 0.05) is 12.0 Å². The summed E-state index contributed by atoms with van der Waals surface area (Å²) in [4.78, 5) is 21.8. The lowest BCUT2D eigenvalue weighted by atomic mass is 9.94. The molecule has 2 N–H and O–H groups in total. The van der Waals surface area contributed by atoms with Crippen molar-refractivity contribution in [3.05, 3.63) is 33.9 Å². The number of benzene rings is 1. The lowest BCUT2D eigenvalue weighted by Gasteiger charge is -2.17. The first-order valence-electron chi connectivity index (χ1n) is 7.05. The van der Waals surface area contributed by atoms with Crippen LogP contribution >= 0.6 is 0 Å². The summed E-state index contributed by atoms with van der Waals surface area (Å²) in [7, 11) is 1.52. The Morgan fingerprint density at radius 3 is 2.36 bits per heavy atom. The van der Waals surface area contributed by atoms with Gasteiger partial charge in [-0.15, -0.1) is 0 Å². The molecule has 1 aromatic carbocycles. The molecule has 0 aliphatic rings. The molecule has 0 amide bonds. The number of phenols is 1. The zero-order chi connectivity index (χ0) is 16.9. The third kappa shape index (κ3) is 3.87. The zero-order valence-electron chi connectivity index (χ0n) is 13.4. The van der Waals surface area contributed by atoms with Gasteiger partial charge in [0.25, 0.3) is 0 Å². The van der Waals surface area contributed by atoms with Crippen molar-refractivity contribution in [2.45, 2.75) is 40.0 Å². The molecular formula is C17H22O5. The third-order valence-corrected chi connectivity index (χ3v) is 3.83. The number of phenolic OH excluding ortho intramolecular Hbond substituents is 1. The van der Waals surface area contributed by atoms with Crippen molar-refractivity contribution in [2.75, 3.05) is 7.11 Å². The molecule has 5 heteroatoms. The fraction of sp³-hybridized carbons (Fsp3) is 0.412. The summed E-state index contributed by atoms with van der Waals surface area (Å²) >= 11 is 0. The van der Waals surface area contributed by atoms with Gasteiger partial charge in [-0.05, 0) is 44.7 Å². The highest BCUT2D eigenvalue weighted by Gasteiger charge is 2.19. The van der Waals surface area contributed by atoms with E-state index in [0.29, 0.717) is 36.0 Å². The van der Waals surface area contributed by atoms with Crippen molar-refractivity contribution in [1.82, 2.24) is 0 Å². The number of carboxylic acid groups (broad SMARTS) is 1. The first-order chi connectivity index (χ1) is 10.3. The Labute approximate surface area is 130 Å². The van der Waals surface area contributed by atoms with Gasteiger partial charge in [-0.3, -0.25) is 9.59 Å². The Morgan fingerprint density at radius 2 is 1.86 bits per heavy atom. The SMILES string of the molecule is COc1c(C)c(C)c(C=O)c(O)c1C/C=C(\C)CCC(=O)O. The summed E-state index contributed by atoms with van der Waals surface area (Å²) in [6.45, 7) is 5.44. The van der Waals surface area contributed by atoms with Crippen LogP contribution in [-0.4, -0.2) is 29.6 Å². The molecule has 22 heavy (non-hydrogen) atoms. The minimum Gasteiger partial charge on any atom is -0.507 e. The molecule has 0 saturated heterocycles. The van der Waals surface area contributed by atoms with E-state index in [1.165, 1.54) is 7.11 Å². The monoisotopic (exact) mass is 306 g/mol. The zero-order valence-corrected chi connectivity index (χ0v) is 13.4. The number of aromatic hydroxyl groups is 1. The van der Waals surface area contributed by atoms with Gasteiger partial charge in [0.1, 0.15) is 11.5 Å². The van der Waals surface area contributed by atoms with E-state index in [-0.39, 0.29) is 17.7 Å². The van der Waals surface area contributed by atoms with Crippen molar-refractivity contribution < 1.29 is 24.5 Å². The van der Waals surface area contributed by atoms with E-state index in [1.54, 1.807) is 6.92 Å². The number of carboxylic acids is 1. The summed E-state index contributed by atoms with van der Waals surface area (Å²) in [5.41, 5.74) is 3.23. The van der Waals surface area contributed by atoms with Crippen LogP contribution < -0.4 is 4.74 Å². The predicted molar refractivity (Wildman–Crippen MR) is 83.9 cm³/mol. The molecular weight excluding hydrogens is 284 g/mol.